The minimum atomic E-state index is -4.39. The van der Waals surface area contributed by atoms with Crippen LogP contribution in [0.5, 0.6) is 0 Å². The van der Waals surface area contributed by atoms with Gasteiger partial charge < -0.3 is 11.1 Å². The number of rotatable bonds is 5. The van der Waals surface area contributed by atoms with Crippen LogP contribution in [0.3, 0.4) is 0 Å². The Balaban J connectivity index is 2.07. The van der Waals surface area contributed by atoms with Crippen LogP contribution in [0.1, 0.15) is 27.0 Å². The van der Waals surface area contributed by atoms with Gasteiger partial charge in [0.1, 0.15) is 0 Å². The van der Waals surface area contributed by atoms with Crippen LogP contribution in [-0.4, -0.2) is 11.1 Å². The molecule has 0 aliphatic rings. The molecule has 138 valence electrons. The molecule has 4 nitrogen and oxygen atoms in total. The fraction of sp³-hybridized carbons (Fsp3) is 0.176. The number of carbonyl (C=O) groups is 1. The molecule has 0 fully saturated rings. The Bertz CT molecular complexity index is 810. The number of alkyl halides is 3. The molecular weight excluding hydrogens is 431 g/mol. The van der Waals surface area contributed by atoms with Crippen LogP contribution in [-0.2, 0) is 18.5 Å². The van der Waals surface area contributed by atoms with Gasteiger partial charge in [0.05, 0.1) is 5.56 Å². The van der Waals surface area contributed by atoms with Crippen molar-refractivity contribution in [2.45, 2.75) is 18.5 Å². The molecule has 2 aromatic rings. The quantitative estimate of drug-likeness (QED) is 0.467. The third-order valence-electron chi connectivity index (χ3n) is 3.43. The van der Waals surface area contributed by atoms with Gasteiger partial charge in [0.25, 0.3) is 5.91 Å². The number of amides is 1. The van der Waals surface area contributed by atoms with Crippen molar-refractivity contribution in [3.8, 4) is 0 Å². The summed E-state index contributed by atoms with van der Waals surface area (Å²) in [7, 11) is 0. The highest BCUT2D eigenvalue weighted by atomic mass is 79.9. The zero-order chi connectivity index (χ0) is 19.3. The van der Waals surface area contributed by atoms with E-state index >= 15 is 0 Å². The number of nitrogens with two attached hydrogens (primary N) is 1. The lowest BCUT2D eigenvalue weighted by Crippen LogP contribution is -2.24. The van der Waals surface area contributed by atoms with Crippen LogP contribution in [0.15, 0.2) is 46.9 Å². The van der Waals surface area contributed by atoms with E-state index in [1.54, 1.807) is 18.2 Å². The van der Waals surface area contributed by atoms with Crippen LogP contribution in [0.2, 0.25) is 0 Å². The van der Waals surface area contributed by atoms with E-state index < -0.39 is 11.7 Å². The Morgan fingerprint density at radius 1 is 1.19 bits per heavy atom. The molecule has 1 amide bonds. The molecule has 0 unspecified atom stereocenters. The van der Waals surface area contributed by atoms with Crippen LogP contribution < -0.4 is 11.1 Å². The first-order valence-corrected chi connectivity index (χ1v) is 9.14. The number of halogens is 4. The maximum absolute atomic E-state index is 12.6. The fourth-order valence-electron chi connectivity index (χ4n) is 2.15. The second-order valence-corrected chi connectivity index (χ2v) is 7.26. The van der Waals surface area contributed by atoms with Crippen molar-refractivity contribution in [3.05, 3.63) is 69.2 Å². The molecule has 2 aromatic carbocycles. The standard InChI is InChI=1S/C17H15BrF3N3OS/c18-13-5-6-14(11(7-13)9-26-16(22)23)15(25)24-8-10-1-3-12(4-2-10)17(19,20)21/h1-7H,8-9H2,(H3,22,23)(H,24,25). The van der Waals surface area contributed by atoms with Gasteiger partial charge in [0, 0.05) is 22.3 Å². The third kappa shape index (κ3) is 5.77. The summed E-state index contributed by atoms with van der Waals surface area (Å²) >= 11 is 4.43. The van der Waals surface area contributed by atoms with Crippen LogP contribution in [0, 0.1) is 5.41 Å². The lowest BCUT2D eigenvalue weighted by molar-refractivity contribution is -0.137. The summed E-state index contributed by atoms with van der Waals surface area (Å²) in [6.07, 6.45) is -4.39. The third-order valence-corrected chi connectivity index (χ3v) is 4.69. The van der Waals surface area contributed by atoms with Crippen molar-refractivity contribution in [3.63, 3.8) is 0 Å². The number of nitrogens with one attached hydrogen (secondary N) is 2. The summed E-state index contributed by atoms with van der Waals surface area (Å²) in [5, 5.41) is 9.91. The second-order valence-electron chi connectivity index (χ2n) is 5.33. The topological polar surface area (TPSA) is 79.0 Å². The molecule has 2 rings (SSSR count). The van der Waals surface area contributed by atoms with Crippen molar-refractivity contribution in [1.82, 2.24) is 5.32 Å². The lowest BCUT2D eigenvalue weighted by atomic mass is 10.1. The van der Waals surface area contributed by atoms with Crippen molar-refractivity contribution < 1.29 is 18.0 Å². The molecule has 0 bridgehead atoms. The molecule has 0 spiro atoms. The number of benzene rings is 2. The molecule has 0 aliphatic heterocycles. The van der Waals surface area contributed by atoms with Gasteiger partial charge in [0.2, 0.25) is 0 Å². The van der Waals surface area contributed by atoms with E-state index in [1.165, 1.54) is 12.1 Å². The average Bonchev–Trinajstić information content (AvgIpc) is 2.57. The molecule has 0 aliphatic carbocycles. The van der Waals surface area contributed by atoms with E-state index in [1.807, 2.05) is 0 Å². The highest BCUT2D eigenvalue weighted by Gasteiger charge is 2.29. The monoisotopic (exact) mass is 445 g/mol. The second kappa shape index (κ2) is 8.59. The van der Waals surface area contributed by atoms with Crippen molar-refractivity contribution in [2.75, 3.05) is 0 Å². The molecule has 0 aromatic heterocycles. The predicted octanol–water partition coefficient (Wildman–Crippen LogP) is 4.52. The van der Waals surface area contributed by atoms with Gasteiger partial charge in [-0.15, -0.1) is 0 Å². The summed E-state index contributed by atoms with van der Waals surface area (Å²) in [6.45, 7) is 0.103. The maximum Gasteiger partial charge on any atom is 0.416 e. The van der Waals surface area contributed by atoms with Crippen molar-refractivity contribution >= 4 is 38.8 Å². The van der Waals surface area contributed by atoms with Gasteiger partial charge in [-0.25, -0.2) is 0 Å². The number of amidine groups is 1. The molecule has 0 heterocycles. The zero-order valence-electron chi connectivity index (χ0n) is 13.4. The Morgan fingerprint density at radius 2 is 1.85 bits per heavy atom. The first-order chi connectivity index (χ1) is 12.2. The molecular formula is C17H15BrF3N3OS. The van der Waals surface area contributed by atoms with Gasteiger partial charge in [-0.05, 0) is 41.5 Å². The summed E-state index contributed by atoms with van der Waals surface area (Å²) in [6, 6.07) is 9.75. The van der Waals surface area contributed by atoms with E-state index in [9.17, 15) is 18.0 Å². The van der Waals surface area contributed by atoms with Gasteiger partial charge >= 0.3 is 6.18 Å². The molecule has 0 atom stereocenters. The van der Waals surface area contributed by atoms with Gasteiger partial charge in [-0.3, -0.25) is 10.2 Å². The maximum atomic E-state index is 12.6. The van der Waals surface area contributed by atoms with E-state index in [0.717, 1.165) is 28.4 Å². The first-order valence-electron chi connectivity index (χ1n) is 7.36. The Morgan fingerprint density at radius 3 is 2.42 bits per heavy atom. The summed E-state index contributed by atoms with van der Waals surface area (Å²) < 4.78 is 38.5. The Kier molecular flexibility index (Phi) is 6.71. The number of carbonyl (C=O) groups excluding carboxylic acids is 1. The number of thioether (sulfide) groups is 1. The zero-order valence-corrected chi connectivity index (χ0v) is 15.8. The molecule has 0 radical (unpaired) electrons. The van der Waals surface area contributed by atoms with Crippen molar-refractivity contribution in [1.29, 1.82) is 5.41 Å². The largest absolute Gasteiger partial charge is 0.416 e. The van der Waals surface area contributed by atoms with E-state index in [0.29, 0.717) is 22.4 Å². The molecule has 4 N–H and O–H groups in total. The van der Waals surface area contributed by atoms with E-state index in [-0.39, 0.29) is 17.6 Å². The SMILES string of the molecule is N=C(N)SCc1cc(Br)ccc1C(=O)NCc1ccc(C(F)(F)F)cc1. The highest BCUT2D eigenvalue weighted by Crippen LogP contribution is 2.29. The lowest BCUT2D eigenvalue weighted by Gasteiger charge is -2.11. The molecule has 9 heteroatoms. The molecule has 0 saturated carbocycles. The van der Waals surface area contributed by atoms with Crippen LogP contribution in [0.25, 0.3) is 0 Å². The first kappa shape index (κ1) is 20.3. The normalized spacial score (nSPS) is 11.2. The number of hydrogen-bond donors (Lipinski definition) is 3. The average molecular weight is 446 g/mol. The Labute approximate surface area is 161 Å². The molecule has 0 saturated heterocycles. The summed E-state index contributed by atoms with van der Waals surface area (Å²) in [5.74, 6) is 0.00852. The summed E-state index contributed by atoms with van der Waals surface area (Å²) in [5.41, 5.74) is 6.29. The van der Waals surface area contributed by atoms with E-state index in [4.69, 9.17) is 11.1 Å². The van der Waals surface area contributed by atoms with Gasteiger partial charge in [-0.1, -0.05) is 39.8 Å². The fourth-order valence-corrected chi connectivity index (χ4v) is 3.11. The molecule has 26 heavy (non-hydrogen) atoms. The van der Waals surface area contributed by atoms with Gasteiger partial charge in [0.15, 0.2) is 5.17 Å². The van der Waals surface area contributed by atoms with E-state index in [2.05, 4.69) is 21.2 Å². The Hall–Kier alpha value is -2.00. The smallest absolute Gasteiger partial charge is 0.379 e. The number of hydrogen-bond acceptors (Lipinski definition) is 3. The van der Waals surface area contributed by atoms with Gasteiger partial charge in [-0.2, -0.15) is 13.2 Å². The highest BCUT2D eigenvalue weighted by molar-refractivity contribution is 9.10. The van der Waals surface area contributed by atoms with Crippen LogP contribution >= 0.6 is 27.7 Å². The predicted molar refractivity (Wildman–Crippen MR) is 100.0 cm³/mol. The van der Waals surface area contributed by atoms with Crippen LogP contribution in [0.4, 0.5) is 13.2 Å². The van der Waals surface area contributed by atoms with Crippen molar-refractivity contribution in [2.24, 2.45) is 5.73 Å². The minimum absolute atomic E-state index is 0.0545. The minimum Gasteiger partial charge on any atom is -0.379 e. The summed E-state index contributed by atoms with van der Waals surface area (Å²) in [4.78, 5) is 12.4.